The van der Waals surface area contributed by atoms with Crippen LogP contribution in [0.2, 0.25) is 0 Å². The van der Waals surface area contributed by atoms with E-state index < -0.39 is 12.1 Å². The van der Waals surface area contributed by atoms with E-state index >= 15 is 0 Å². The minimum Gasteiger partial charge on any atom is -0.493 e. The number of aliphatic hydroxyl groups is 1. The van der Waals surface area contributed by atoms with Crippen LogP contribution in [0.15, 0.2) is 16.6 Å². The molecule has 0 aromatic heterocycles. The van der Waals surface area contributed by atoms with Crippen molar-refractivity contribution in [3.05, 3.63) is 22.2 Å². The molecule has 0 amide bonds. The molecule has 0 radical (unpaired) electrons. The molecule has 106 valence electrons. The van der Waals surface area contributed by atoms with Crippen LogP contribution in [-0.4, -0.2) is 31.4 Å². The third-order valence-electron chi connectivity index (χ3n) is 2.40. The Kier molecular flexibility index (Phi) is 6.11. The zero-order chi connectivity index (χ0) is 14.4. The molecule has 1 unspecified atom stereocenters. The van der Waals surface area contributed by atoms with E-state index in [9.17, 15) is 9.90 Å². The van der Waals surface area contributed by atoms with Gasteiger partial charge in [-0.1, -0.05) is 15.9 Å². The van der Waals surface area contributed by atoms with Gasteiger partial charge in [0.15, 0.2) is 17.6 Å². The van der Waals surface area contributed by atoms with Gasteiger partial charge in [-0.05, 0) is 26.0 Å². The van der Waals surface area contributed by atoms with Gasteiger partial charge in [-0.3, -0.25) is 0 Å². The van der Waals surface area contributed by atoms with Crippen LogP contribution in [0, 0.1) is 0 Å². The molecule has 5 nitrogen and oxygen atoms in total. The summed E-state index contributed by atoms with van der Waals surface area (Å²) in [4.78, 5) is 11.7. The number of carbonyl (C=O) groups excluding carboxylic acids is 1. The van der Waals surface area contributed by atoms with Crippen molar-refractivity contribution in [1.82, 2.24) is 0 Å². The van der Waals surface area contributed by atoms with Crippen molar-refractivity contribution >= 4 is 21.9 Å². The van der Waals surface area contributed by atoms with E-state index in [0.717, 1.165) is 0 Å². The highest BCUT2D eigenvalue weighted by Gasteiger charge is 2.27. The molecule has 0 heterocycles. The Bertz CT molecular complexity index is 447. The number of carbonyl (C=O) groups is 1. The molecule has 0 spiro atoms. The lowest BCUT2D eigenvalue weighted by Gasteiger charge is -2.18. The van der Waals surface area contributed by atoms with E-state index in [0.29, 0.717) is 28.1 Å². The Morgan fingerprint density at radius 3 is 2.58 bits per heavy atom. The SMILES string of the molecule is CCOC(=O)C(O)c1c(Br)ccc(OC)c1OCC. The molecule has 1 aromatic rings. The third-order valence-corrected chi connectivity index (χ3v) is 3.09. The lowest BCUT2D eigenvalue weighted by atomic mass is 10.1. The molecular weight excluding hydrogens is 316 g/mol. The van der Waals surface area contributed by atoms with Crippen molar-refractivity contribution in [2.75, 3.05) is 20.3 Å². The molecule has 0 saturated heterocycles. The fourth-order valence-electron chi connectivity index (χ4n) is 1.60. The molecule has 0 aliphatic heterocycles. The maximum absolute atomic E-state index is 11.7. The van der Waals surface area contributed by atoms with Crippen LogP contribution < -0.4 is 9.47 Å². The summed E-state index contributed by atoms with van der Waals surface area (Å²) in [6.45, 7) is 4.06. The smallest absolute Gasteiger partial charge is 0.339 e. The van der Waals surface area contributed by atoms with E-state index in [1.807, 2.05) is 0 Å². The van der Waals surface area contributed by atoms with Crippen molar-refractivity contribution in [3.8, 4) is 11.5 Å². The molecular formula is C13H17BrO5. The first-order valence-electron chi connectivity index (χ1n) is 5.90. The average Bonchev–Trinajstić information content (AvgIpc) is 2.39. The van der Waals surface area contributed by atoms with Crippen LogP contribution in [-0.2, 0) is 9.53 Å². The molecule has 1 atom stereocenters. The third kappa shape index (κ3) is 3.61. The molecule has 1 rings (SSSR count). The van der Waals surface area contributed by atoms with E-state index in [1.165, 1.54) is 7.11 Å². The van der Waals surface area contributed by atoms with Crippen LogP contribution in [0.5, 0.6) is 11.5 Å². The molecule has 1 aromatic carbocycles. The molecule has 19 heavy (non-hydrogen) atoms. The maximum atomic E-state index is 11.7. The van der Waals surface area contributed by atoms with E-state index in [2.05, 4.69) is 15.9 Å². The summed E-state index contributed by atoms with van der Waals surface area (Å²) in [5.74, 6) is 0.0562. The Morgan fingerprint density at radius 2 is 2.05 bits per heavy atom. The van der Waals surface area contributed by atoms with Gasteiger partial charge in [0, 0.05) is 4.47 Å². The van der Waals surface area contributed by atoms with Gasteiger partial charge in [-0.15, -0.1) is 0 Å². The number of ether oxygens (including phenoxy) is 3. The predicted octanol–water partition coefficient (Wildman–Crippen LogP) is 2.45. The number of halogens is 1. The second-order valence-electron chi connectivity index (χ2n) is 3.58. The Labute approximate surface area is 120 Å². The van der Waals surface area contributed by atoms with Crippen LogP contribution >= 0.6 is 15.9 Å². The maximum Gasteiger partial charge on any atom is 0.339 e. The van der Waals surface area contributed by atoms with Gasteiger partial charge < -0.3 is 19.3 Å². The van der Waals surface area contributed by atoms with Crippen LogP contribution in [0.1, 0.15) is 25.5 Å². The van der Waals surface area contributed by atoms with Crippen LogP contribution in [0.3, 0.4) is 0 Å². The minimum atomic E-state index is -1.43. The van der Waals surface area contributed by atoms with Crippen molar-refractivity contribution in [2.45, 2.75) is 20.0 Å². The second kappa shape index (κ2) is 7.35. The molecule has 0 fully saturated rings. The van der Waals surface area contributed by atoms with Crippen molar-refractivity contribution < 1.29 is 24.1 Å². The van der Waals surface area contributed by atoms with Gasteiger partial charge in [0.1, 0.15) is 0 Å². The van der Waals surface area contributed by atoms with Crippen molar-refractivity contribution in [1.29, 1.82) is 0 Å². The molecule has 6 heteroatoms. The summed E-state index contributed by atoms with van der Waals surface area (Å²) in [5.41, 5.74) is 0.305. The highest BCUT2D eigenvalue weighted by Crippen LogP contribution is 2.40. The van der Waals surface area contributed by atoms with Crippen LogP contribution in [0.4, 0.5) is 0 Å². The van der Waals surface area contributed by atoms with Gasteiger partial charge in [0.2, 0.25) is 0 Å². The van der Waals surface area contributed by atoms with E-state index in [-0.39, 0.29) is 6.61 Å². The first-order valence-corrected chi connectivity index (χ1v) is 6.69. The number of benzene rings is 1. The first-order chi connectivity index (χ1) is 9.06. The fraction of sp³-hybridized carbons (Fsp3) is 0.462. The summed E-state index contributed by atoms with van der Waals surface area (Å²) in [6, 6.07) is 3.37. The zero-order valence-electron chi connectivity index (χ0n) is 11.1. The topological polar surface area (TPSA) is 65.0 Å². The summed E-state index contributed by atoms with van der Waals surface area (Å²) >= 11 is 3.30. The summed E-state index contributed by atoms with van der Waals surface area (Å²) in [7, 11) is 1.49. The normalized spacial score (nSPS) is 11.8. The monoisotopic (exact) mass is 332 g/mol. The summed E-state index contributed by atoms with van der Waals surface area (Å²) < 4.78 is 16.0. The number of hydrogen-bond donors (Lipinski definition) is 1. The average molecular weight is 333 g/mol. The lowest BCUT2D eigenvalue weighted by molar-refractivity contribution is -0.153. The molecule has 0 saturated carbocycles. The standard InChI is InChI=1S/C13H17BrO5/c1-4-18-12-9(17-3)7-6-8(14)10(12)11(15)13(16)19-5-2/h6-7,11,15H,4-5H2,1-3H3. The van der Waals surface area contributed by atoms with Crippen molar-refractivity contribution in [3.63, 3.8) is 0 Å². The quantitative estimate of drug-likeness (QED) is 0.810. The van der Waals surface area contributed by atoms with E-state index in [4.69, 9.17) is 14.2 Å². The fourth-order valence-corrected chi connectivity index (χ4v) is 2.13. The largest absolute Gasteiger partial charge is 0.493 e. The Morgan fingerprint density at radius 1 is 1.37 bits per heavy atom. The highest BCUT2D eigenvalue weighted by atomic mass is 79.9. The van der Waals surface area contributed by atoms with Gasteiger partial charge in [0.25, 0.3) is 0 Å². The molecule has 0 aliphatic rings. The highest BCUT2D eigenvalue weighted by molar-refractivity contribution is 9.10. The molecule has 0 aliphatic carbocycles. The Hall–Kier alpha value is -1.27. The lowest BCUT2D eigenvalue weighted by Crippen LogP contribution is -2.17. The molecule has 0 bridgehead atoms. The molecule has 1 N–H and O–H groups in total. The number of esters is 1. The van der Waals surface area contributed by atoms with Crippen molar-refractivity contribution in [2.24, 2.45) is 0 Å². The predicted molar refractivity (Wildman–Crippen MR) is 73.5 cm³/mol. The summed E-state index contributed by atoms with van der Waals surface area (Å²) in [5, 5.41) is 10.1. The Balaban J connectivity index is 3.26. The second-order valence-corrected chi connectivity index (χ2v) is 4.43. The minimum absolute atomic E-state index is 0.196. The van der Waals surface area contributed by atoms with Gasteiger partial charge in [0.05, 0.1) is 25.9 Å². The summed E-state index contributed by atoms with van der Waals surface area (Å²) in [6.07, 6.45) is -1.43. The number of methoxy groups -OCH3 is 1. The number of rotatable bonds is 6. The van der Waals surface area contributed by atoms with Gasteiger partial charge in [-0.25, -0.2) is 4.79 Å². The van der Waals surface area contributed by atoms with Gasteiger partial charge >= 0.3 is 5.97 Å². The zero-order valence-corrected chi connectivity index (χ0v) is 12.7. The first kappa shape index (κ1) is 15.8. The van der Waals surface area contributed by atoms with Gasteiger partial charge in [-0.2, -0.15) is 0 Å². The number of aliphatic hydroxyl groups excluding tert-OH is 1. The van der Waals surface area contributed by atoms with Crippen LogP contribution in [0.25, 0.3) is 0 Å². The van der Waals surface area contributed by atoms with E-state index in [1.54, 1.807) is 26.0 Å². The number of hydrogen-bond acceptors (Lipinski definition) is 5.